The summed E-state index contributed by atoms with van der Waals surface area (Å²) in [5.41, 5.74) is 5.78. The van der Waals surface area contributed by atoms with E-state index in [0.717, 1.165) is 12.1 Å². The maximum atomic E-state index is 9.76. The lowest BCUT2D eigenvalue weighted by Crippen LogP contribution is -2.30. The highest BCUT2D eigenvalue weighted by Gasteiger charge is 2.25. The van der Waals surface area contributed by atoms with Crippen molar-refractivity contribution >= 4 is 12.4 Å². The molecule has 0 spiro atoms. The van der Waals surface area contributed by atoms with Gasteiger partial charge in [-0.2, -0.15) is 0 Å². The first-order chi connectivity index (χ1) is 7.34. The minimum absolute atomic E-state index is 0. The second-order valence-corrected chi connectivity index (χ2v) is 4.16. The molecule has 0 aliphatic rings. The average molecular weight is 264 g/mol. The van der Waals surface area contributed by atoms with Gasteiger partial charge in [-0.05, 0) is 5.92 Å². The lowest BCUT2D eigenvalue weighted by Gasteiger charge is -2.23. The first-order valence-corrected chi connectivity index (χ1v) is 5.03. The van der Waals surface area contributed by atoms with Crippen molar-refractivity contribution < 1.29 is 20.4 Å². The Kier molecular flexibility index (Phi) is 5.54. The van der Waals surface area contributed by atoms with Crippen molar-refractivity contribution in [1.29, 1.82) is 0 Å². The Balaban J connectivity index is 0.00000256. The van der Waals surface area contributed by atoms with E-state index in [1.807, 2.05) is 0 Å². The van der Waals surface area contributed by atoms with Crippen molar-refractivity contribution in [2.45, 2.75) is 26.0 Å². The van der Waals surface area contributed by atoms with E-state index >= 15 is 0 Å². The molecule has 0 aliphatic carbocycles. The maximum Gasteiger partial charge on any atom is 0.127 e. The number of nitrogens with two attached hydrogens (primary N) is 1. The largest absolute Gasteiger partial charge is 0.508 e. The van der Waals surface area contributed by atoms with E-state index in [9.17, 15) is 15.3 Å². The Morgan fingerprint density at radius 1 is 1.06 bits per heavy atom. The number of hydrogen-bond acceptors (Lipinski definition) is 5. The minimum Gasteiger partial charge on any atom is -0.508 e. The van der Waals surface area contributed by atoms with Crippen molar-refractivity contribution in [3.05, 3.63) is 17.7 Å². The maximum absolute atomic E-state index is 9.76. The first kappa shape index (κ1) is 15.8. The Labute approximate surface area is 106 Å². The Morgan fingerprint density at radius 2 is 1.47 bits per heavy atom. The molecule has 1 rings (SSSR count). The monoisotopic (exact) mass is 263 g/mol. The summed E-state index contributed by atoms with van der Waals surface area (Å²) in [6.45, 7) is 3.55. The third-order valence-corrected chi connectivity index (χ3v) is 2.51. The zero-order chi connectivity index (χ0) is 12.5. The van der Waals surface area contributed by atoms with Gasteiger partial charge in [-0.3, -0.25) is 0 Å². The van der Waals surface area contributed by atoms with E-state index in [4.69, 9.17) is 10.8 Å². The van der Waals surface area contributed by atoms with Crippen LogP contribution in [0.3, 0.4) is 0 Å². The van der Waals surface area contributed by atoms with E-state index in [1.165, 1.54) is 0 Å². The van der Waals surface area contributed by atoms with E-state index in [-0.39, 0.29) is 41.1 Å². The topological polar surface area (TPSA) is 107 Å². The highest BCUT2D eigenvalue weighted by atomic mass is 35.5. The molecule has 0 saturated heterocycles. The molecule has 0 aliphatic heterocycles. The van der Waals surface area contributed by atoms with E-state index in [0.29, 0.717) is 0 Å². The summed E-state index contributed by atoms with van der Waals surface area (Å²) in [5.74, 6) is -1.03. The van der Waals surface area contributed by atoms with Gasteiger partial charge in [0.25, 0.3) is 0 Å². The number of aromatic hydroxyl groups is 3. The van der Waals surface area contributed by atoms with Crippen LogP contribution in [-0.4, -0.2) is 26.5 Å². The van der Waals surface area contributed by atoms with Gasteiger partial charge in [0.15, 0.2) is 0 Å². The molecule has 98 valence electrons. The molecule has 6 N–H and O–H groups in total. The number of benzene rings is 1. The van der Waals surface area contributed by atoms with Crippen LogP contribution in [0.2, 0.25) is 0 Å². The lowest BCUT2D eigenvalue weighted by atomic mass is 9.93. The number of rotatable bonds is 3. The molecule has 0 saturated carbocycles. The third kappa shape index (κ3) is 3.39. The summed E-state index contributed by atoms with van der Waals surface area (Å²) in [6.07, 6.45) is -0.888. The highest BCUT2D eigenvalue weighted by molar-refractivity contribution is 5.85. The number of aliphatic hydroxyl groups is 1. The number of hydrogen-bond donors (Lipinski definition) is 5. The quantitative estimate of drug-likeness (QED) is 0.564. The molecule has 5 nitrogen and oxygen atoms in total. The standard InChI is InChI=1S/C11H17NO4.ClH/c1-5(2)11(16)10(12)9-7(14)3-6(13)4-8(9)15;/h3-5,10-11,13-16H,12H2,1-2H3;1H/t10-,11+;/m1./s1. The molecule has 0 heterocycles. The van der Waals surface area contributed by atoms with Crippen LogP contribution in [0.4, 0.5) is 0 Å². The van der Waals surface area contributed by atoms with Crippen LogP contribution in [0, 0.1) is 5.92 Å². The number of halogens is 1. The number of aliphatic hydroxyl groups excluding tert-OH is 1. The van der Waals surface area contributed by atoms with Gasteiger partial charge in [-0.15, -0.1) is 12.4 Å². The fraction of sp³-hybridized carbons (Fsp3) is 0.455. The SMILES string of the molecule is CC(C)[C@H](O)[C@H](N)c1c(O)cc(O)cc1O.Cl. The van der Waals surface area contributed by atoms with Crippen LogP contribution in [-0.2, 0) is 0 Å². The molecule has 0 fully saturated rings. The number of phenolic OH excluding ortho intramolecular Hbond substituents is 3. The van der Waals surface area contributed by atoms with Crippen LogP contribution in [0.1, 0.15) is 25.5 Å². The van der Waals surface area contributed by atoms with E-state index in [2.05, 4.69) is 0 Å². The molecule has 0 amide bonds. The summed E-state index contributed by atoms with van der Waals surface area (Å²) in [5, 5.41) is 38.0. The summed E-state index contributed by atoms with van der Waals surface area (Å²) >= 11 is 0. The normalized spacial score (nSPS) is 14.2. The Bertz CT molecular complexity index is 361. The Morgan fingerprint density at radius 3 is 1.82 bits per heavy atom. The molecule has 0 bridgehead atoms. The zero-order valence-corrected chi connectivity index (χ0v) is 10.5. The molecule has 0 radical (unpaired) electrons. The summed E-state index contributed by atoms with van der Waals surface area (Å²) in [4.78, 5) is 0. The van der Waals surface area contributed by atoms with Gasteiger partial charge >= 0.3 is 0 Å². The van der Waals surface area contributed by atoms with Crippen LogP contribution in [0.5, 0.6) is 17.2 Å². The molecule has 6 heteroatoms. The summed E-state index contributed by atoms with van der Waals surface area (Å²) in [6, 6.07) is 1.24. The Hall–Kier alpha value is -1.17. The molecule has 1 aromatic carbocycles. The van der Waals surface area contributed by atoms with Gasteiger partial charge < -0.3 is 26.2 Å². The fourth-order valence-electron chi connectivity index (χ4n) is 1.54. The molecule has 0 unspecified atom stereocenters. The molecule has 17 heavy (non-hydrogen) atoms. The van der Waals surface area contributed by atoms with E-state index < -0.39 is 12.1 Å². The van der Waals surface area contributed by atoms with Crippen molar-refractivity contribution in [3.8, 4) is 17.2 Å². The zero-order valence-electron chi connectivity index (χ0n) is 9.66. The minimum atomic E-state index is -0.902. The molecular weight excluding hydrogens is 246 g/mol. The summed E-state index contributed by atoms with van der Waals surface area (Å²) < 4.78 is 0. The predicted octanol–water partition coefficient (Wildman–Crippen LogP) is 1.24. The van der Waals surface area contributed by atoms with Crippen molar-refractivity contribution in [3.63, 3.8) is 0 Å². The van der Waals surface area contributed by atoms with Crippen LogP contribution < -0.4 is 5.73 Å². The first-order valence-electron chi connectivity index (χ1n) is 5.03. The molecule has 0 aromatic heterocycles. The fourth-order valence-corrected chi connectivity index (χ4v) is 1.54. The van der Waals surface area contributed by atoms with Crippen molar-refractivity contribution in [2.75, 3.05) is 0 Å². The van der Waals surface area contributed by atoms with Gasteiger partial charge in [0.2, 0.25) is 0 Å². The average Bonchev–Trinajstić information content (AvgIpc) is 2.14. The van der Waals surface area contributed by atoms with Crippen molar-refractivity contribution in [1.82, 2.24) is 0 Å². The molecule has 2 atom stereocenters. The van der Waals surface area contributed by atoms with Crippen molar-refractivity contribution in [2.24, 2.45) is 11.7 Å². The van der Waals surface area contributed by atoms with Crippen LogP contribution >= 0.6 is 12.4 Å². The van der Waals surface area contributed by atoms with Gasteiger partial charge in [0, 0.05) is 12.1 Å². The second-order valence-electron chi connectivity index (χ2n) is 4.16. The van der Waals surface area contributed by atoms with Gasteiger partial charge in [-0.25, -0.2) is 0 Å². The van der Waals surface area contributed by atoms with Gasteiger partial charge in [-0.1, -0.05) is 13.8 Å². The van der Waals surface area contributed by atoms with Gasteiger partial charge in [0.05, 0.1) is 17.7 Å². The lowest BCUT2D eigenvalue weighted by molar-refractivity contribution is 0.0959. The van der Waals surface area contributed by atoms with E-state index in [1.54, 1.807) is 13.8 Å². The second kappa shape index (κ2) is 5.95. The third-order valence-electron chi connectivity index (χ3n) is 2.51. The van der Waals surface area contributed by atoms with Gasteiger partial charge in [0.1, 0.15) is 17.2 Å². The molecule has 1 aromatic rings. The van der Waals surface area contributed by atoms with Crippen LogP contribution in [0.25, 0.3) is 0 Å². The summed E-state index contributed by atoms with van der Waals surface area (Å²) in [7, 11) is 0. The van der Waals surface area contributed by atoms with Crippen LogP contribution in [0.15, 0.2) is 12.1 Å². The number of phenols is 3. The predicted molar refractivity (Wildman–Crippen MR) is 66.5 cm³/mol. The smallest absolute Gasteiger partial charge is 0.127 e. The highest BCUT2D eigenvalue weighted by Crippen LogP contribution is 2.37. The molecular formula is C11H18ClNO4.